The van der Waals surface area contributed by atoms with Crippen molar-refractivity contribution in [1.29, 1.82) is 5.26 Å². The van der Waals surface area contributed by atoms with Crippen molar-refractivity contribution in [3.63, 3.8) is 0 Å². The highest BCUT2D eigenvalue weighted by Crippen LogP contribution is 2.43. The number of rotatable bonds is 5. The van der Waals surface area contributed by atoms with Crippen molar-refractivity contribution in [1.82, 2.24) is 20.0 Å². The van der Waals surface area contributed by atoms with Gasteiger partial charge in [-0.15, -0.1) is 0 Å². The molecule has 4 atom stereocenters. The summed E-state index contributed by atoms with van der Waals surface area (Å²) in [5.41, 5.74) is -1.53. The van der Waals surface area contributed by atoms with E-state index >= 15 is 0 Å². The number of hydrogen-bond donors (Lipinski definition) is 1. The van der Waals surface area contributed by atoms with Gasteiger partial charge in [-0.25, -0.2) is 13.9 Å². The molecule has 2 bridgehead atoms. The molecule has 2 amide bonds. The second kappa shape index (κ2) is 9.68. The first-order chi connectivity index (χ1) is 17.3. The molecule has 1 aliphatic heterocycles. The third-order valence-corrected chi connectivity index (χ3v) is 6.57. The molecule has 198 valence electrons. The monoisotopic (exact) mass is 521 g/mol. The van der Waals surface area contributed by atoms with Crippen molar-refractivity contribution in [2.75, 3.05) is 0 Å². The van der Waals surface area contributed by atoms with Crippen LogP contribution < -0.4 is 5.32 Å². The molecule has 2 aromatic rings. The number of nitrogens with zero attached hydrogens (tertiary/aromatic N) is 4. The van der Waals surface area contributed by atoms with Crippen LogP contribution in [0.2, 0.25) is 0 Å². The lowest BCUT2D eigenvalue weighted by Crippen LogP contribution is -2.55. The van der Waals surface area contributed by atoms with Gasteiger partial charge in [0.15, 0.2) is 0 Å². The minimum atomic E-state index is -4.58. The minimum Gasteiger partial charge on any atom is -0.444 e. The zero-order chi connectivity index (χ0) is 27.1. The van der Waals surface area contributed by atoms with E-state index in [2.05, 4.69) is 10.4 Å². The highest BCUT2D eigenvalue weighted by atomic mass is 19.4. The van der Waals surface area contributed by atoms with E-state index in [9.17, 15) is 32.4 Å². The van der Waals surface area contributed by atoms with E-state index in [1.54, 1.807) is 20.8 Å². The number of nitrogens with one attached hydrogen (secondary N) is 1. The van der Waals surface area contributed by atoms with Crippen molar-refractivity contribution >= 4 is 12.0 Å². The molecule has 37 heavy (non-hydrogen) atoms. The molecule has 1 saturated heterocycles. The second-order valence-electron chi connectivity index (χ2n) is 10.4. The number of hydrogen-bond acceptors (Lipinski definition) is 5. The number of carbonyl (C=O) groups is 2. The van der Waals surface area contributed by atoms with Crippen molar-refractivity contribution in [2.45, 2.75) is 76.4 Å². The lowest BCUT2D eigenvalue weighted by Gasteiger charge is -2.35. The average Bonchev–Trinajstić information content (AvgIpc) is 3.54. The predicted molar refractivity (Wildman–Crippen MR) is 123 cm³/mol. The molecule has 4 unspecified atom stereocenters. The Morgan fingerprint density at radius 3 is 2.59 bits per heavy atom. The Kier molecular flexibility index (Phi) is 6.92. The largest absolute Gasteiger partial charge is 0.444 e. The molecule has 12 heteroatoms. The lowest BCUT2D eigenvalue weighted by atomic mass is 9.97. The van der Waals surface area contributed by atoms with Gasteiger partial charge >= 0.3 is 12.3 Å². The van der Waals surface area contributed by atoms with Crippen molar-refractivity contribution in [3.8, 4) is 11.8 Å². The van der Waals surface area contributed by atoms with E-state index in [4.69, 9.17) is 4.74 Å². The maximum absolute atomic E-state index is 14.8. The number of aromatic nitrogens is 2. The van der Waals surface area contributed by atoms with Gasteiger partial charge in [0, 0.05) is 18.7 Å². The number of amides is 2. The summed E-state index contributed by atoms with van der Waals surface area (Å²) in [5.74, 6) is -1.31. The number of likely N-dealkylation sites (tertiary alicyclic amines) is 1. The molecule has 1 aliphatic carbocycles. The van der Waals surface area contributed by atoms with Crippen LogP contribution in [-0.2, 0) is 22.1 Å². The van der Waals surface area contributed by atoms with E-state index < -0.39 is 47.2 Å². The molecular weight excluding hydrogens is 494 g/mol. The van der Waals surface area contributed by atoms with E-state index in [0.717, 1.165) is 29.8 Å². The third kappa shape index (κ3) is 5.70. The van der Waals surface area contributed by atoms with E-state index in [1.165, 1.54) is 17.0 Å². The fraction of sp³-hybridized carbons (Fsp3) is 0.520. The van der Waals surface area contributed by atoms with Crippen LogP contribution in [0.5, 0.6) is 0 Å². The molecule has 2 heterocycles. The lowest BCUT2D eigenvalue weighted by molar-refractivity contribution is -0.137. The molecule has 8 nitrogen and oxygen atoms in total. The highest BCUT2D eigenvalue weighted by molar-refractivity contribution is 5.87. The maximum Gasteiger partial charge on any atom is 0.419 e. The summed E-state index contributed by atoms with van der Waals surface area (Å²) >= 11 is 0. The third-order valence-electron chi connectivity index (χ3n) is 6.57. The van der Waals surface area contributed by atoms with Gasteiger partial charge in [-0.1, -0.05) is 6.07 Å². The van der Waals surface area contributed by atoms with Crippen LogP contribution >= 0.6 is 0 Å². The summed E-state index contributed by atoms with van der Waals surface area (Å²) in [4.78, 5) is 27.4. The minimum absolute atomic E-state index is 0.0523. The van der Waals surface area contributed by atoms with Gasteiger partial charge in [0.25, 0.3) is 0 Å². The number of alkyl halides is 3. The molecule has 0 radical (unpaired) electrons. The van der Waals surface area contributed by atoms with E-state index in [0.29, 0.717) is 12.6 Å². The van der Waals surface area contributed by atoms with Crippen LogP contribution in [0.4, 0.5) is 22.4 Å². The SMILES string of the molecule is CC(C)(C)OC(=O)N1C2CCC(C2)C1C(=O)NC(C#N)Cc1ccc(-n2cc(C(F)(F)F)cn2)cc1F. The predicted octanol–water partition coefficient (Wildman–Crippen LogP) is 4.37. The molecule has 1 saturated carbocycles. The fourth-order valence-corrected chi connectivity index (χ4v) is 4.96. The average molecular weight is 522 g/mol. The first kappa shape index (κ1) is 26.4. The molecule has 1 N–H and O–H groups in total. The summed E-state index contributed by atoms with van der Waals surface area (Å²) in [6.07, 6.45) is -1.72. The standard InChI is InChI=1S/C25H27F4N5O3/c1-24(2,3)37-23(36)34-19-7-5-15(9-19)21(34)22(35)32-17(11-30)8-14-4-6-18(10-20(14)26)33-13-16(12-31-33)25(27,28)29/h4,6,10,12-13,15,17,19,21H,5,7-9H2,1-3H3,(H,32,35). The molecule has 2 aliphatic rings. The summed E-state index contributed by atoms with van der Waals surface area (Å²) in [6.45, 7) is 5.21. The number of halogens is 4. The quantitative estimate of drug-likeness (QED) is 0.589. The Morgan fingerprint density at radius 1 is 1.27 bits per heavy atom. The van der Waals surface area contributed by atoms with Gasteiger partial charge in [0.05, 0.1) is 23.5 Å². The Balaban J connectivity index is 1.45. The topological polar surface area (TPSA) is 100 Å². The normalized spacial score (nSPS) is 22.0. The fourth-order valence-electron chi connectivity index (χ4n) is 4.96. The first-order valence-electron chi connectivity index (χ1n) is 11.9. The van der Waals surface area contributed by atoms with Crippen molar-refractivity contribution in [2.24, 2.45) is 5.92 Å². The molecule has 1 aromatic heterocycles. The zero-order valence-electron chi connectivity index (χ0n) is 20.6. The molecular formula is C25H27F4N5O3. The Bertz CT molecular complexity index is 1230. The smallest absolute Gasteiger partial charge is 0.419 e. The Labute approximate surface area is 211 Å². The number of carbonyl (C=O) groups excluding carboxylic acids is 2. The molecule has 0 spiro atoms. The van der Waals surface area contributed by atoms with Crippen molar-refractivity contribution in [3.05, 3.63) is 47.5 Å². The number of nitriles is 1. The second-order valence-corrected chi connectivity index (χ2v) is 10.4. The summed E-state index contributed by atoms with van der Waals surface area (Å²) in [7, 11) is 0. The Hall–Kier alpha value is -3.62. The summed E-state index contributed by atoms with van der Waals surface area (Å²) < 4.78 is 59.7. The van der Waals surface area contributed by atoms with E-state index in [1.807, 2.05) is 6.07 Å². The zero-order valence-corrected chi connectivity index (χ0v) is 20.6. The van der Waals surface area contributed by atoms with Gasteiger partial charge in [-0.2, -0.15) is 23.5 Å². The highest BCUT2D eigenvalue weighted by Gasteiger charge is 2.52. The molecule has 4 rings (SSSR count). The number of fused-ring (bicyclic) bond motifs is 2. The summed E-state index contributed by atoms with van der Waals surface area (Å²) in [6, 6.07) is 3.70. The first-order valence-corrected chi connectivity index (χ1v) is 11.9. The van der Waals surface area contributed by atoms with Crippen LogP contribution in [0.25, 0.3) is 5.69 Å². The molecule has 2 fully saturated rings. The van der Waals surface area contributed by atoms with E-state index in [-0.39, 0.29) is 29.6 Å². The van der Waals surface area contributed by atoms with Crippen LogP contribution in [0.1, 0.15) is 51.2 Å². The van der Waals surface area contributed by atoms with Crippen LogP contribution in [0, 0.1) is 23.1 Å². The molecule has 1 aromatic carbocycles. The van der Waals surface area contributed by atoms with Crippen LogP contribution in [0.15, 0.2) is 30.6 Å². The number of benzene rings is 1. The Morgan fingerprint density at radius 2 is 2.00 bits per heavy atom. The van der Waals surface area contributed by atoms with Gasteiger partial charge in [0.2, 0.25) is 5.91 Å². The van der Waals surface area contributed by atoms with Crippen molar-refractivity contribution < 1.29 is 31.9 Å². The van der Waals surface area contributed by atoms with Gasteiger partial charge in [0.1, 0.15) is 23.5 Å². The number of ether oxygens (including phenoxy) is 1. The van der Waals surface area contributed by atoms with Gasteiger partial charge in [-0.3, -0.25) is 9.69 Å². The summed E-state index contributed by atoms with van der Waals surface area (Å²) in [5, 5.41) is 15.9. The van der Waals surface area contributed by atoms with Gasteiger partial charge in [-0.05, 0) is 63.6 Å². The number of piperidine rings is 1. The van der Waals surface area contributed by atoms with Gasteiger partial charge < -0.3 is 10.1 Å². The maximum atomic E-state index is 14.8. The van der Waals surface area contributed by atoms with Crippen LogP contribution in [-0.4, -0.2) is 50.4 Å². The van der Waals surface area contributed by atoms with Crippen LogP contribution in [0.3, 0.4) is 0 Å².